The van der Waals surface area contributed by atoms with Crippen molar-refractivity contribution in [3.63, 3.8) is 0 Å². The van der Waals surface area contributed by atoms with Crippen LogP contribution in [0.15, 0.2) is 29.8 Å². The molecule has 5 nitrogen and oxygen atoms in total. The summed E-state index contributed by atoms with van der Waals surface area (Å²) in [4.78, 5) is 11.7. The molecule has 0 unspecified atom stereocenters. The lowest BCUT2D eigenvalue weighted by Crippen LogP contribution is -2.16. The number of rotatable bonds is 4. The zero-order chi connectivity index (χ0) is 12.1. The summed E-state index contributed by atoms with van der Waals surface area (Å²) < 4.78 is 0. The molecular weight excluding hydrogens is 236 g/mol. The molecule has 0 aliphatic carbocycles. The molecule has 88 valence electrons. The molecule has 3 N–H and O–H groups in total. The van der Waals surface area contributed by atoms with Crippen molar-refractivity contribution < 1.29 is 4.79 Å². The topological polar surface area (TPSA) is 80.9 Å². The third-order valence-corrected chi connectivity index (χ3v) is 2.90. The van der Waals surface area contributed by atoms with Crippen LogP contribution >= 0.6 is 11.3 Å². The van der Waals surface area contributed by atoms with Crippen LogP contribution < -0.4 is 11.1 Å². The molecule has 0 saturated heterocycles. The molecule has 0 spiro atoms. The Balaban J connectivity index is 2.03. The Morgan fingerprint density at radius 3 is 2.76 bits per heavy atom. The highest BCUT2D eigenvalue weighted by molar-refractivity contribution is 7.13. The maximum Gasteiger partial charge on any atom is 0.230 e. The number of nitrogens with zero attached hydrogens (tertiary/aromatic N) is 2. The van der Waals surface area contributed by atoms with E-state index in [9.17, 15) is 4.79 Å². The zero-order valence-corrected chi connectivity index (χ0v) is 9.91. The lowest BCUT2D eigenvalue weighted by atomic mass is 10.0. The van der Waals surface area contributed by atoms with E-state index in [1.165, 1.54) is 11.3 Å². The number of benzene rings is 1. The number of hydrogen-bond donors (Lipinski definition) is 2. The van der Waals surface area contributed by atoms with Gasteiger partial charge in [-0.2, -0.15) is 0 Å². The molecule has 2 aromatic rings. The maximum absolute atomic E-state index is 11.7. The number of nitrogens with one attached hydrogen (secondary N) is 1. The second kappa shape index (κ2) is 5.51. The van der Waals surface area contributed by atoms with Crippen LogP contribution in [0.2, 0.25) is 0 Å². The highest BCUT2D eigenvalue weighted by Crippen LogP contribution is 2.12. The number of carbonyl (C=O) groups is 1. The second-order valence-corrected chi connectivity index (χ2v) is 4.27. The minimum absolute atomic E-state index is 0.109. The van der Waals surface area contributed by atoms with E-state index in [0.29, 0.717) is 18.1 Å². The molecule has 0 radical (unpaired) electrons. The standard InChI is InChI=1S/C11H12N4OS/c12-6-9-4-2-1-3-8(9)5-10(16)14-11-15-13-7-17-11/h1-4,7H,5-6,12H2,(H,14,15,16). The fourth-order valence-corrected chi connectivity index (χ4v) is 1.95. The average molecular weight is 248 g/mol. The highest BCUT2D eigenvalue weighted by atomic mass is 32.1. The Bertz CT molecular complexity index is 498. The fourth-order valence-electron chi connectivity index (χ4n) is 1.49. The zero-order valence-electron chi connectivity index (χ0n) is 9.09. The summed E-state index contributed by atoms with van der Waals surface area (Å²) in [5.74, 6) is -0.109. The van der Waals surface area contributed by atoms with Crippen molar-refractivity contribution in [3.05, 3.63) is 40.9 Å². The molecule has 17 heavy (non-hydrogen) atoms. The predicted molar refractivity (Wildman–Crippen MR) is 66.6 cm³/mol. The van der Waals surface area contributed by atoms with Crippen molar-refractivity contribution >= 4 is 22.4 Å². The van der Waals surface area contributed by atoms with Gasteiger partial charge in [0.2, 0.25) is 11.0 Å². The molecule has 1 heterocycles. The van der Waals surface area contributed by atoms with Crippen molar-refractivity contribution in [3.8, 4) is 0 Å². The molecule has 0 aliphatic rings. The number of nitrogens with two attached hydrogens (primary N) is 1. The lowest BCUT2D eigenvalue weighted by molar-refractivity contribution is -0.115. The Morgan fingerprint density at radius 2 is 2.12 bits per heavy atom. The number of aromatic nitrogens is 2. The highest BCUT2D eigenvalue weighted by Gasteiger charge is 2.08. The van der Waals surface area contributed by atoms with Gasteiger partial charge in [-0.3, -0.25) is 4.79 Å². The largest absolute Gasteiger partial charge is 0.326 e. The van der Waals surface area contributed by atoms with Gasteiger partial charge in [0.25, 0.3) is 0 Å². The van der Waals surface area contributed by atoms with E-state index in [2.05, 4.69) is 15.5 Å². The Hall–Kier alpha value is -1.79. The third-order valence-electron chi connectivity index (χ3n) is 2.30. The van der Waals surface area contributed by atoms with E-state index >= 15 is 0 Å². The molecule has 1 amide bonds. The minimum Gasteiger partial charge on any atom is -0.326 e. The van der Waals surface area contributed by atoms with Crippen LogP contribution in [0.5, 0.6) is 0 Å². The average Bonchev–Trinajstić information content (AvgIpc) is 2.82. The van der Waals surface area contributed by atoms with E-state index in [0.717, 1.165) is 11.1 Å². The summed E-state index contributed by atoms with van der Waals surface area (Å²) in [6.07, 6.45) is 0.299. The number of carbonyl (C=O) groups excluding carboxylic acids is 1. The Morgan fingerprint density at radius 1 is 1.35 bits per heavy atom. The normalized spacial score (nSPS) is 10.2. The van der Waals surface area contributed by atoms with Gasteiger partial charge in [0, 0.05) is 6.54 Å². The van der Waals surface area contributed by atoms with Crippen LogP contribution in [0.3, 0.4) is 0 Å². The van der Waals surface area contributed by atoms with Gasteiger partial charge in [-0.25, -0.2) is 0 Å². The van der Waals surface area contributed by atoms with Gasteiger partial charge in [-0.15, -0.1) is 10.2 Å². The fraction of sp³-hybridized carbons (Fsp3) is 0.182. The third kappa shape index (κ3) is 3.08. The summed E-state index contributed by atoms with van der Waals surface area (Å²) in [6.45, 7) is 0.433. The number of hydrogen-bond acceptors (Lipinski definition) is 5. The van der Waals surface area contributed by atoms with Gasteiger partial charge >= 0.3 is 0 Å². The Labute approximate surface area is 103 Å². The smallest absolute Gasteiger partial charge is 0.230 e. The van der Waals surface area contributed by atoms with E-state index in [1.54, 1.807) is 5.51 Å². The molecule has 0 aliphatic heterocycles. The monoisotopic (exact) mass is 248 g/mol. The van der Waals surface area contributed by atoms with Crippen LogP contribution in [0, 0.1) is 0 Å². The molecule has 0 saturated carbocycles. The second-order valence-electron chi connectivity index (χ2n) is 3.44. The van der Waals surface area contributed by atoms with Gasteiger partial charge in [0.15, 0.2) is 0 Å². The number of anilines is 1. The van der Waals surface area contributed by atoms with E-state index in [1.807, 2.05) is 24.3 Å². The van der Waals surface area contributed by atoms with Crippen LogP contribution in [0.25, 0.3) is 0 Å². The molecule has 2 rings (SSSR count). The van der Waals surface area contributed by atoms with Crippen LogP contribution in [-0.4, -0.2) is 16.1 Å². The first kappa shape index (κ1) is 11.7. The molecule has 1 aromatic heterocycles. The van der Waals surface area contributed by atoms with Gasteiger partial charge in [-0.1, -0.05) is 35.6 Å². The molecule has 6 heteroatoms. The summed E-state index contributed by atoms with van der Waals surface area (Å²) in [5.41, 5.74) is 9.11. The van der Waals surface area contributed by atoms with Gasteiger partial charge in [0.05, 0.1) is 6.42 Å². The lowest BCUT2D eigenvalue weighted by Gasteiger charge is -2.06. The number of amides is 1. The molecular formula is C11H12N4OS. The molecule has 0 atom stereocenters. The van der Waals surface area contributed by atoms with Crippen molar-refractivity contribution in [2.75, 3.05) is 5.32 Å². The van der Waals surface area contributed by atoms with E-state index in [-0.39, 0.29) is 5.91 Å². The van der Waals surface area contributed by atoms with Crippen LogP contribution in [0.4, 0.5) is 5.13 Å². The first-order chi connectivity index (χ1) is 8.29. The summed E-state index contributed by atoms with van der Waals surface area (Å²) in [7, 11) is 0. The van der Waals surface area contributed by atoms with Gasteiger partial charge in [0.1, 0.15) is 5.51 Å². The van der Waals surface area contributed by atoms with Crippen molar-refractivity contribution in [2.45, 2.75) is 13.0 Å². The summed E-state index contributed by atoms with van der Waals surface area (Å²) >= 11 is 1.29. The van der Waals surface area contributed by atoms with Crippen molar-refractivity contribution in [1.29, 1.82) is 0 Å². The van der Waals surface area contributed by atoms with Crippen LogP contribution in [0.1, 0.15) is 11.1 Å². The first-order valence-corrected chi connectivity index (χ1v) is 6.00. The van der Waals surface area contributed by atoms with E-state index in [4.69, 9.17) is 5.73 Å². The predicted octanol–water partition coefficient (Wildman–Crippen LogP) is 1.18. The van der Waals surface area contributed by atoms with Crippen LogP contribution in [-0.2, 0) is 17.8 Å². The van der Waals surface area contributed by atoms with E-state index < -0.39 is 0 Å². The summed E-state index contributed by atoms with van der Waals surface area (Å²) in [5, 5.41) is 10.6. The Kier molecular flexibility index (Phi) is 3.79. The van der Waals surface area contributed by atoms with Gasteiger partial charge < -0.3 is 11.1 Å². The van der Waals surface area contributed by atoms with Crippen molar-refractivity contribution in [2.24, 2.45) is 5.73 Å². The van der Waals surface area contributed by atoms with Gasteiger partial charge in [-0.05, 0) is 11.1 Å². The maximum atomic E-state index is 11.7. The minimum atomic E-state index is -0.109. The molecule has 1 aromatic carbocycles. The first-order valence-electron chi connectivity index (χ1n) is 5.12. The molecule has 0 bridgehead atoms. The SMILES string of the molecule is NCc1ccccc1CC(=O)Nc1nncs1. The van der Waals surface area contributed by atoms with Crippen molar-refractivity contribution in [1.82, 2.24) is 10.2 Å². The quantitative estimate of drug-likeness (QED) is 0.851. The molecule has 0 fully saturated rings. The summed E-state index contributed by atoms with van der Waals surface area (Å²) in [6, 6.07) is 7.64.